The summed E-state index contributed by atoms with van der Waals surface area (Å²) in [6.45, 7) is 4.49. The summed E-state index contributed by atoms with van der Waals surface area (Å²) in [5, 5.41) is 6.17. The van der Waals surface area contributed by atoms with Gasteiger partial charge in [0.2, 0.25) is 5.91 Å². The van der Waals surface area contributed by atoms with E-state index in [1.807, 2.05) is 4.90 Å². The van der Waals surface area contributed by atoms with Crippen LogP contribution < -0.4 is 10.6 Å². The summed E-state index contributed by atoms with van der Waals surface area (Å²) in [6.07, 6.45) is 3.28. The zero-order chi connectivity index (χ0) is 14.6. The summed E-state index contributed by atoms with van der Waals surface area (Å²) >= 11 is 0. The Morgan fingerprint density at radius 2 is 2.00 bits per heavy atom. The number of halogens is 1. The van der Waals surface area contributed by atoms with Gasteiger partial charge in [0.05, 0.1) is 0 Å². The van der Waals surface area contributed by atoms with Crippen molar-refractivity contribution in [2.45, 2.75) is 44.2 Å². The van der Waals surface area contributed by atoms with E-state index in [0.29, 0.717) is 19.4 Å². The molecule has 122 valence electrons. The van der Waals surface area contributed by atoms with Crippen molar-refractivity contribution in [3.05, 3.63) is 0 Å². The van der Waals surface area contributed by atoms with E-state index in [-0.39, 0.29) is 30.3 Å². The molecule has 21 heavy (non-hydrogen) atoms. The lowest BCUT2D eigenvalue weighted by Crippen LogP contribution is -2.59. The number of rotatable bonds is 3. The third-order valence-electron chi connectivity index (χ3n) is 4.31. The van der Waals surface area contributed by atoms with Crippen molar-refractivity contribution >= 4 is 24.2 Å². The Labute approximate surface area is 132 Å². The highest BCUT2D eigenvalue weighted by Gasteiger charge is 2.43. The van der Waals surface area contributed by atoms with Crippen LogP contribution in [0.2, 0.25) is 0 Å². The second-order valence-corrected chi connectivity index (χ2v) is 5.74. The standard InChI is InChI=1S/C14H25N3O3.ClH/c1-11(18)16-12-4-3-9-17(10-12)13(19)14(20-2)5-7-15-8-6-14;/h12,15H,3-10H2,1-2H3,(H,16,18);1H. The zero-order valence-electron chi connectivity index (χ0n) is 12.8. The van der Waals surface area contributed by atoms with E-state index >= 15 is 0 Å². The van der Waals surface area contributed by atoms with Crippen LogP contribution in [0, 0.1) is 0 Å². The molecule has 0 bridgehead atoms. The second-order valence-electron chi connectivity index (χ2n) is 5.74. The molecule has 2 N–H and O–H groups in total. The molecule has 0 aromatic carbocycles. The molecule has 6 nitrogen and oxygen atoms in total. The summed E-state index contributed by atoms with van der Waals surface area (Å²) in [7, 11) is 1.62. The van der Waals surface area contributed by atoms with Crippen molar-refractivity contribution in [2.24, 2.45) is 0 Å². The lowest BCUT2D eigenvalue weighted by Gasteiger charge is -2.41. The van der Waals surface area contributed by atoms with Crippen molar-refractivity contribution in [1.82, 2.24) is 15.5 Å². The van der Waals surface area contributed by atoms with E-state index in [9.17, 15) is 9.59 Å². The van der Waals surface area contributed by atoms with E-state index in [4.69, 9.17) is 4.74 Å². The number of likely N-dealkylation sites (tertiary alicyclic amines) is 1. The van der Waals surface area contributed by atoms with E-state index in [2.05, 4.69) is 10.6 Å². The lowest BCUT2D eigenvalue weighted by molar-refractivity contribution is -0.160. The maximum absolute atomic E-state index is 12.8. The average molecular weight is 320 g/mol. The molecule has 7 heteroatoms. The number of amides is 2. The molecule has 0 spiro atoms. The SMILES string of the molecule is COC1(C(=O)N2CCCC(NC(C)=O)C2)CCNCC1.Cl. The van der Waals surface area contributed by atoms with Gasteiger partial charge in [-0.05, 0) is 38.8 Å². The van der Waals surface area contributed by atoms with Crippen LogP contribution in [0.5, 0.6) is 0 Å². The lowest BCUT2D eigenvalue weighted by atomic mass is 9.89. The number of piperidine rings is 2. The molecule has 2 aliphatic rings. The molecule has 2 fully saturated rings. The van der Waals surface area contributed by atoms with Crippen LogP contribution >= 0.6 is 12.4 Å². The number of carbonyl (C=O) groups excluding carboxylic acids is 2. The fourth-order valence-electron chi connectivity index (χ4n) is 3.19. The number of carbonyl (C=O) groups is 2. The molecular formula is C14H26ClN3O3. The summed E-state index contributed by atoms with van der Waals surface area (Å²) in [6, 6.07) is 0.0702. The third-order valence-corrected chi connectivity index (χ3v) is 4.31. The first kappa shape index (κ1) is 18.2. The number of nitrogens with one attached hydrogen (secondary N) is 2. The van der Waals surface area contributed by atoms with Gasteiger partial charge in [0, 0.05) is 33.2 Å². The predicted octanol–water partition coefficient (Wildman–Crippen LogP) is 0.304. The van der Waals surface area contributed by atoms with Gasteiger partial charge >= 0.3 is 0 Å². The molecule has 2 rings (SSSR count). The Hall–Kier alpha value is -0.850. The molecule has 0 aromatic rings. The van der Waals surface area contributed by atoms with Gasteiger partial charge in [-0.1, -0.05) is 0 Å². The topological polar surface area (TPSA) is 70.7 Å². The molecule has 0 radical (unpaired) electrons. The summed E-state index contributed by atoms with van der Waals surface area (Å²) < 4.78 is 5.59. The average Bonchev–Trinajstić information content (AvgIpc) is 2.47. The van der Waals surface area contributed by atoms with Gasteiger partial charge in [0.15, 0.2) is 0 Å². The maximum atomic E-state index is 12.8. The molecular weight excluding hydrogens is 294 g/mol. The highest BCUT2D eigenvalue weighted by Crippen LogP contribution is 2.26. The van der Waals surface area contributed by atoms with Crippen LogP contribution in [0.3, 0.4) is 0 Å². The van der Waals surface area contributed by atoms with Crippen LogP contribution in [0.1, 0.15) is 32.6 Å². The molecule has 2 saturated heterocycles. The number of hydrogen-bond acceptors (Lipinski definition) is 4. The van der Waals surface area contributed by atoms with E-state index < -0.39 is 5.60 Å². The number of hydrogen-bond donors (Lipinski definition) is 2. The molecule has 2 heterocycles. The predicted molar refractivity (Wildman–Crippen MR) is 82.5 cm³/mol. The van der Waals surface area contributed by atoms with Crippen LogP contribution in [-0.2, 0) is 14.3 Å². The maximum Gasteiger partial charge on any atom is 0.254 e. The normalized spacial score (nSPS) is 24.9. The first-order chi connectivity index (χ1) is 9.57. The number of methoxy groups -OCH3 is 1. The van der Waals surface area contributed by atoms with Gasteiger partial charge in [-0.15, -0.1) is 12.4 Å². The summed E-state index contributed by atoms with van der Waals surface area (Å²) in [5.74, 6) is 0.0455. The van der Waals surface area contributed by atoms with Gasteiger partial charge < -0.3 is 20.3 Å². The van der Waals surface area contributed by atoms with Crippen LogP contribution in [0.15, 0.2) is 0 Å². The van der Waals surface area contributed by atoms with Gasteiger partial charge in [0.25, 0.3) is 5.91 Å². The quantitative estimate of drug-likeness (QED) is 0.785. The van der Waals surface area contributed by atoms with Gasteiger partial charge in [-0.2, -0.15) is 0 Å². The Balaban J connectivity index is 0.00000220. The van der Waals surface area contributed by atoms with Gasteiger partial charge in [-0.3, -0.25) is 9.59 Å². The molecule has 1 unspecified atom stereocenters. The third kappa shape index (κ3) is 4.31. The molecule has 0 saturated carbocycles. The van der Waals surface area contributed by atoms with Crippen LogP contribution in [0.4, 0.5) is 0 Å². The highest BCUT2D eigenvalue weighted by molar-refractivity contribution is 5.86. The monoisotopic (exact) mass is 319 g/mol. The second kappa shape index (κ2) is 7.96. The molecule has 0 aromatic heterocycles. The van der Waals surface area contributed by atoms with Gasteiger partial charge in [-0.25, -0.2) is 0 Å². The summed E-state index contributed by atoms with van der Waals surface area (Å²) in [4.78, 5) is 25.8. The van der Waals surface area contributed by atoms with E-state index in [1.54, 1.807) is 7.11 Å². The fraction of sp³-hybridized carbons (Fsp3) is 0.857. The number of ether oxygens (including phenoxy) is 1. The fourth-order valence-corrected chi connectivity index (χ4v) is 3.19. The first-order valence-corrected chi connectivity index (χ1v) is 7.40. The smallest absolute Gasteiger partial charge is 0.254 e. The largest absolute Gasteiger partial charge is 0.368 e. The molecule has 0 aliphatic carbocycles. The van der Waals surface area contributed by atoms with Crippen molar-refractivity contribution in [2.75, 3.05) is 33.3 Å². The van der Waals surface area contributed by atoms with Crippen LogP contribution in [-0.4, -0.2) is 61.6 Å². The highest BCUT2D eigenvalue weighted by atomic mass is 35.5. The Morgan fingerprint density at radius 1 is 1.33 bits per heavy atom. The summed E-state index contributed by atoms with van der Waals surface area (Å²) in [5.41, 5.74) is -0.677. The molecule has 2 aliphatic heterocycles. The van der Waals surface area contributed by atoms with Crippen molar-refractivity contribution in [3.8, 4) is 0 Å². The van der Waals surface area contributed by atoms with Crippen molar-refractivity contribution in [3.63, 3.8) is 0 Å². The minimum absolute atomic E-state index is 0. The minimum Gasteiger partial charge on any atom is -0.368 e. The number of nitrogens with zero attached hydrogens (tertiary/aromatic N) is 1. The Morgan fingerprint density at radius 3 is 2.57 bits per heavy atom. The molecule has 2 amide bonds. The van der Waals surface area contributed by atoms with Crippen molar-refractivity contribution < 1.29 is 14.3 Å². The molecule has 1 atom stereocenters. The first-order valence-electron chi connectivity index (χ1n) is 7.40. The Kier molecular flexibility index (Phi) is 6.90. The zero-order valence-corrected chi connectivity index (χ0v) is 13.6. The Bertz CT molecular complexity index is 372. The van der Waals surface area contributed by atoms with Gasteiger partial charge in [0.1, 0.15) is 5.60 Å². The minimum atomic E-state index is -0.677. The van der Waals surface area contributed by atoms with Crippen molar-refractivity contribution in [1.29, 1.82) is 0 Å². The van der Waals surface area contributed by atoms with E-state index in [1.165, 1.54) is 6.92 Å². The van der Waals surface area contributed by atoms with Crippen LogP contribution in [0.25, 0.3) is 0 Å². The van der Waals surface area contributed by atoms with E-state index in [0.717, 1.165) is 32.5 Å².